The lowest BCUT2D eigenvalue weighted by Gasteiger charge is -2.21. The average molecular weight is 402 g/mol. The van der Waals surface area contributed by atoms with Gasteiger partial charge in [-0.15, -0.1) is 0 Å². The smallest absolute Gasteiger partial charge is 0.188 e. The molecule has 0 fully saturated rings. The summed E-state index contributed by atoms with van der Waals surface area (Å²) >= 11 is 0. The average Bonchev–Trinajstić information content (AvgIpc) is 3.08. The van der Waals surface area contributed by atoms with E-state index in [1.54, 1.807) is 49.8 Å². The maximum atomic E-state index is 13.1. The molecule has 0 unspecified atom stereocenters. The summed E-state index contributed by atoms with van der Waals surface area (Å²) in [4.78, 5) is 8.93. The fourth-order valence-electron chi connectivity index (χ4n) is 3.05. The number of sulfone groups is 1. The summed E-state index contributed by atoms with van der Waals surface area (Å²) in [6, 6.07) is 3.51. The zero-order valence-electron chi connectivity index (χ0n) is 16.2. The van der Waals surface area contributed by atoms with E-state index in [1.807, 2.05) is 6.07 Å². The van der Waals surface area contributed by atoms with Crippen LogP contribution in [-0.2, 0) is 9.84 Å². The first-order chi connectivity index (χ1) is 13.2. The van der Waals surface area contributed by atoms with Gasteiger partial charge in [-0.3, -0.25) is 4.40 Å². The number of pyridine rings is 2. The van der Waals surface area contributed by atoms with Gasteiger partial charge in [-0.1, -0.05) is 0 Å². The van der Waals surface area contributed by atoms with E-state index in [0.717, 1.165) is 5.56 Å². The molecule has 0 aromatic carbocycles. The minimum absolute atomic E-state index is 0.123. The SMILES string of the molecule is COc1cc2ncc(-c3cnc4c(c3)OCCN4)n2cc1S(=O)(=O)C(C)(C)C. The number of ether oxygens (including phenoxy) is 2. The van der Waals surface area contributed by atoms with Crippen molar-refractivity contribution in [1.29, 1.82) is 0 Å². The van der Waals surface area contributed by atoms with Crippen molar-refractivity contribution in [1.82, 2.24) is 14.4 Å². The number of hydrogen-bond acceptors (Lipinski definition) is 7. The van der Waals surface area contributed by atoms with Gasteiger partial charge in [0.2, 0.25) is 0 Å². The zero-order chi connectivity index (χ0) is 20.1. The third kappa shape index (κ3) is 2.86. The number of imidazole rings is 1. The predicted octanol–water partition coefficient (Wildman–Crippen LogP) is 2.78. The van der Waals surface area contributed by atoms with Gasteiger partial charge in [0, 0.05) is 24.0 Å². The molecule has 4 heterocycles. The van der Waals surface area contributed by atoms with Crippen molar-refractivity contribution in [2.45, 2.75) is 30.4 Å². The highest BCUT2D eigenvalue weighted by Gasteiger charge is 2.34. The third-order valence-corrected chi connectivity index (χ3v) is 7.19. The van der Waals surface area contributed by atoms with Gasteiger partial charge in [-0.05, 0) is 26.8 Å². The Balaban J connectivity index is 1.92. The van der Waals surface area contributed by atoms with Gasteiger partial charge in [0.1, 0.15) is 22.9 Å². The zero-order valence-corrected chi connectivity index (χ0v) is 17.0. The first-order valence-corrected chi connectivity index (χ1v) is 10.4. The van der Waals surface area contributed by atoms with Crippen molar-refractivity contribution in [3.05, 3.63) is 30.7 Å². The maximum Gasteiger partial charge on any atom is 0.188 e. The number of fused-ring (bicyclic) bond motifs is 2. The van der Waals surface area contributed by atoms with Gasteiger partial charge >= 0.3 is 0 Å². The molecule has 8 nitrogen and oxygen atoms in total. The topological polar surface area (TPSA) is 94.8 Å². The Labute approximate surface area is 163 Å². The van der Waals surface area contributed by atoms with Crippen molar-refractivity contribution >= 4 is 21.3 Å². The largest absolute Gasteiger partial charge is 0.495 e. The molecule has 1 aliphatic rings. The van der Waals surface area contributed by atoms with E-state index in [0.29, 0.717) is 36.1 Å². The maximum absolute atomic E-state index is 13.1. The molecular weight excluding hydrogens is 380 g/mol. The lowest BCUT2D eigenvalue weighted by Crippen LogP contribution is -2.28. The van der Waals surface area contributed by atoms with Gasteiger partial charge in [0.25, 0.3) is 0 Å². The Hall–Kier alpha value is -2.81. The molecule has 28 heavy (non-hydrogen) atoms. The summed E-state index contributed by atoms with van der Waals surface area (Å²) in [5.74, 6) is 1.63. The van der Waals surface area contributed by atoms with Crippen LogP contribution in [0.4, 0.5) is 5.82 Å². The van der Waals surface area contributed by atoms with Crippen LogP contribution in [-0.4, -0.2) is 47.8 Å². The quantitative estimate of drug-likeness (QED) is 0.720. The Bertz CT molecular complexity index is 1160. The van der Waals surface area contributed by atoms with Gasteiger partial charge in [0.15, 0.2) is 21.4 Å². The van der Waals surface area contributed by atoms with E-state index in [9.17, 15) is 8.42 Å². The first kappa shape index (κ1) is 18.5. The van der Waals surface area contributed by atoms with Crippen molar-refractivity contribution in [3.63, 3.8) is 0 Å². The summed E-state index contributed by atoms with van der Waals surface area (Å²) in [6.45, 7) is 6.27. The number of rotatable bonds is 3. The number of nitrogens with zero attached hydrogens (tertiary/aromatic N) is 3. The number of anilines is 1. The van der Waals surface area contributed by atoms with Crippen molar-refractivity contribution in [2.75, 3.05) is 25.6 Å². The van der Waals surface area contributed by atoms with E-state index in [2.05, 4.69) is 15.3 Å². The predicted molar refractivity (Wildman–Crippen MR) is 106 cm³/mol. The molecule has 0 aliphatic carbocycles. The van der Waals surface area contributed by atoms with Crippen molar-refractivity contribution in [2.24, 2.45) is 0 Å². The summed E-state index contributed by atoms with van der Waals surface area (Å²) in [7, 11) is -2.17. The van der Waals surface area contributed by atoms with Crippen LogP contribution in [0.15, 0.2) is 35.6 Å². The van der Waals surface area contributed by atoms with E-state index < -0.39 is 14.6 Å². The molecule has 0 saturated carbocycles. The molecule has 4 rings (SSSR count). The minimum Gasteiger partial charge on any atom is -0.495 e. The third-order valence-electron chi connectivity index (χ3n) is 4.69. The number of methoxy groups -OCH3 is 1. The van der Waals surface area contributed by atoms with E-state index >= 15 is 0 Å². The molecular formula is C19H22N4O4S. The fourth-order valence-corrected chi connectivity index (χ4v) is 4.36. The lowest BCUT2D eigenvalue weighted by molar-refractivity contribution is 0.321. The molecule has 0 bridgehead atoms. The summed E-state index contributed by atoms with van der Waals surface area (Å²) in [5, 5.41) is 3.18. The minimum atomic E-state index is -3.63. The molecule has 9 heteroatoms. The summed E-state index contributed by atoms with van der Waals surface area (Å²) in [6.07, 6.45) is 4.96. The molecule has 0 saturated heterocycles. The molecule has 0 radical (unpaired) electrons. The van der Waals surface area contributed by atoms with Crippen LogP contribution in [0.5, 0.6) is 11.5 Å². The molecule has 0 amide bonds. The lowest BCUT2D eigenvalue weighted by atomic mass is 10.2. The van der Waals surface area contributed by atoms with E-state index in [4.69, 9.17) is 9.47 Å². The van der Waals surface area contributed by atoms with Crippen molar-refractivity contribution < 1.29 is 17.9 Å². The molecule has 3 aromatic heterocycles. The molecule has 0 atom stereocenters. The van der Waals surface area contributed by atoms with Crippen LogP contribution in [0.25, 0.3) is 16.9 Å². The highest BCUT2D eigenvalue weighted by molar-refractivity contribution is 7.92. The van der Waals surface area contributed by atoms with Gasteiger partial charge in [-0.25, -0.2) is 18.4 Å². The molecule has 1 aliphatic heterocycles. The molecule has 1 N–H and O–H groups in total. The number of hydrogen-bond donors (Lipinski definition) is 1. The van der Waals surface area contributed by atoms with Crippen LogP contribution in [0.1, 0.15) is 20.8 Å². The van der Waals surface area contributed by atoms with E-state index in [-0.39, 0.29) is 10.6 Å². The molecule has 148 valence electrons. The van der Waals surface area contributed by atoms with Crippen LogP contribution >= 0.6 is 0 Å². The highest BCUT2D eigenvalue weighted by atomic mass is 32.2. The van der Waals surface area contributed by atoms with Crippen LogP contribution in [0, 0.1) is 0 Å². The molecule has 0 spiro atoms. The van der Waals surface area contributed by atoms with Crippen molar-refractivity contribution in [3.8, 4) is 22.8 Å². The first-order valence-electron chi connectivity index (χ1n) is 8.89. The van der Waals surface area contributed by atoms with Gasteiger partial charge in [0.05, 0.1) is 30.3 Å². The summed E-state index contributed by atoms with van der Waals surface area (Å²) in [5.41, 5.74) is 2.07. The Morgan fingerprint density at radius 2 is 2.00 bits per heavy atom. The second-order valence-electron chi connectivity index (χ2n) is 7.54. The molecule has 3 aromatic rings. The van der Waals surface area contributed by atoms with Crippen LogP contribution in [0.3, 0.4) is 0 Å². The number of nitrogens with one attached hydrogen (secondary N) is 1. The normalized spacial score (nSPS) is 14.3. The summed E-state index contributed by atoms with van der Waals surface area (Å²) < 4.78 is 37.9. The fraction of sp³-hybridized carbons (Fsp3) is 0.368. The van der Waals surface area contributed by atoms with Gasteiger partial charge in [-0.2, -0.15) is 0 Å². The standard InChI is InChI=1S/C19H22N4O4S/c1-19(2,3)28(24,25)16-11-23-13(10-21-17(23)8-14(16)26-4)12-7-15-18(22-9-12)20-5-6-27-15/h7-11H,5-6H2,1-4H3,(H,20,22). The van der Waals surface area contributed by atoms with Gasteiger partial charge < -0.3 is 14.8 Å². The Morgan fingerprint density at radius 3 is 2.71 bits per heavy atom. The Morgan fingerprint density at radius 1 is 1.21 bits per heavy atom. The van der Waals surface area contributed by atoms with E-state index in [1.165, 1.54) is 7.11 Å². The second-order valence-corrected chi connectivity index (χ2v) is 10.2. The Kier molecular flexibility index (Phi) is 4.22. The van der Waals surface area contributed by atoms with Crippen LogP contribution in [0.2, 0.25) is 0 Å². The number of aromatic nitrogens is 3. The highest BCUT2D eigenvalue weighted by Crippen LogP contribution is 2.35. The van der Waals surface area contributed by atoms with Crippen LogP contribution < -0.4 is 14.8 Å². The monoisotopic (exact) mass is 402 g/mol. The second kappa shape index (κ2) is 6.37.